The molecule has 1 aliphatic heterocycles. The fraction of sp³-hybridized carbons (Fsp3) is 0.500. The molecule has 2 heterocycles. The number of halogens is 1. The van der Waals surface area contributed by atoms with Crippen LogP contribution in [-0.2, 0) is 9.53 Å². The first kappa shape index (κ1) is 25.5. The fourth-order valence-electron chi connectivity index (χ4n) is 5.69. The van der Waals surface area contributed by atoms with Crippen LogP contribution in [-0.4, -0.2) is 51.5 Å². The number of nitrogens with zero attached hydrogens (tertiary/aromatic N) is 2. The van der Waals surface area contributed by atoms with Crippen LogP contribution in [0.15, 0.2) is 42.6 Å². The first-order chi connectivity index (χ1) is 17.6. The molecule has 2 saturated carbocycles. The number of anilines is 1. The summed E-state index contributed by atoms with van der Waals surface area (Å²) in [6.07, 6.45) is 5.10. The number of rotatable bonds is 4. The topological polar surface area (TPSA) is 101 Å². The van der Waals surface area contributed by atoms with Gasteiger partial charge in [0.15, 0.2) is 0 Å². The van der Waals surface area contributed by atoms with Gasteiger partial charge in [0.1, 0.15) is 11.1 Å². The van der Waals surface area contributed by atoms with Crippen LogP contribution in [0.4, 0.5) is 10.5 Å². The van der Waals surface area contributed by atoms with Crippen molar-refractivity contribution in [3.05, 3.63) is 58.9 Å². The van der Waals surface area contributed by atoms with Crippen LogP contribution in [0.5, 0.6) is 0 Å². The van der Waals surface area contributed by atoms with E-state index in [0.717, 1.165) is 31.4 Å². The van der Waals surface area contributed by atoms with Gasteiger partial charge in [0.25, 0.3) is 11.8 Å². The number of carbonyl (C=O) groups is 3. The molecule has 1 aromatic carbocycles. The molecule has 196 valence electrons. The number of alkyl carbamates (subject to hydrolysis) is 1. The minimum absolute atomic E-state index is 0.0354. The molecule has 8 nitrogen and oxygen atoms in total. The van der Waals surface area contributed by atoms with Crippen molar-refractivity contribution < 1.29 is 19.1 Å². The number of aromatic nitrogens is 1. The Bertz CT molecular complexity index is 1210. The van der Waals surface area contributed by atoms with Crippen LogP contribution in [0.1, 0.15) is 74.8 Å². The van der Waals surface area contributed by atoms with Gasteiger partial charge in [-0.15, -0.1) is 0 Å². The Kier molecular flexibility index (Phi) is 6.64. The predicted octanol–water partition coefficient (Wildman–Crippen LogP) is 5.14. The minimum atomic E-state index is -0.984. The van der Waals surface area contributed by atoms with Gasteiger partial charge in [-0.2, -0.15) is 0 Å². The molecule has 3 amide bonds. The van der Waals surface area contributed by atoms with E-state index in [1.54, 1.807) is 29.3 Å². The van der Waals surface area contributed by atoms with Crippen molar-refractivity contribution in [1.29, 1.82) is 0 Å². The lowest BCUT2D eigenvalue weighted by Gasteiger charge is -2.36. The molecule has 3 aliphatic rings. The van der Waals surface area contributed by atoms with Crippen molar-refractivity contribution in [3.8, 4) is 0 Å². The van der Waals surface area contributed by atoms with E-state index >= 15 is 0 Å². The highest BCUT2D eigenvalue weighted by atomic mass is 35.5. The van der Waals surface area contributed by atoms with Gasteiger partial charge in [-0.25, -0.2) is 4.79 Å². The smallest absolute Gasteiger partial charge is 0.407 e. The maximum absolute atomic E-state index is 13.9. The molecule has 1 spiro atoms. The van der Waals surface area contributed by atoms with E-state index in [-0.39, 0.29) is 29.7 Å². The van der Waals surface area contributed by atoms with E-state index in [1.807, 2.05) is 39.0 Å². The normalized spacial score (nSPS) is 27.2. The first-order valence-corrected chi connectivity index (χ1v) is 13.3. The Morgan fingerprint density at radius 3 is 2.62 bits per heavy atom. The Morgan fingerprint density at radius 2 is 1.95 bits per heavy atom. The average Bonchev–Trinajstić information content (AvgIpc) is 3.60. The number of pyridine rings is 1. The second-order valence-electron chi connectivity index (χ2n) is 11.4. The van der Waals surface area contributed by atoms with Crippen LogP contribution >= 0.6 is 11.6 Å². The highest BCUT2D eigenvalue weighted by Gasteiger charge is 2.67. The number of hydrogen-bond acceptors (Lipinski definition) is 5. The molecular formula is C28H33ClN4O4. The number of nitrogens with one attached hydrogen (secondary N) is 2. The van der Waals surface area contributed by atoms with Crippen LogP contribution < -0.4 is 10.6 Å². The Morgan fingerprint density at radius 1 is 1.19 bits per heavy atom. The van der Waals surface area contributed by atoms with Gasteiger partial charge in [0, 0.05) is 35.4 Å². The van der Waals surface area contributed by atoms with Crippen molar-refractivity contribution in [2.75, 3.05) is 11.9 Å². The van der Waals surface area contributed by atoms with Gasteiger partial charge < -0.3 is 20.3 Å². The van der Waals surface area contributed by atoms with Crippen molar-refractivity contribution in [1.82, 2.24) is 15.2 Å². The lowest BCUT2D eigenvalue weighted by molar-refractivity contribution is -0.122. The highest BCUT2D eigenvalue weighted by Crippen LogP contribution is 2.57. The molecule has 2 unspecified atom stereocenters. The zero-order valence-electron chi connectivity index (χ0n) is 21.4. The summed E-state index contributed by atoms with van der Waals surface area (Å²) in [5.41, 5.74) is 0.174. The van der Waals surface area contributed by atoms with Gasteiger partial charge in [-0.3, -0.25) is 14.6 Å². The molecular weight excluding hydrogens is 492 g/mol. The molecule has 37 heavy (non-hydrogen) atoms. The molecule has 0 bridgehead atoms. The van der Waals surface area contributed by atoms with Crippen molar-refractivity contribution in [3.63, 3.8) is 0 Å². The molecule has 9 heteroatoms. The average molecular weight is 525 g/mol. The first-order valence-electron chi connectivity index (χ1n) is 12.9. The van der Waals surface area contributed by atoms with Crippen molar-refractivity contribution in [2.45, 2.75) is 76.0 Å². The number of amides is 3. The molecule has 2 N–H and O–H groups in total. The van der Waals surface area contributed by atoms with Crippen LogP contribution in [0.3, 0.4) is 0 Å². The second kappa shape index (κ2) is 9.63. The summed E-state index contributed by atoms with van der Waals surface area (Å²) in [6, 6.07) is 10.7. The van der Waals surface area contributed by atoms with Gasteiger partial charge >= 0.3 is 6.09 Å². The van der Waals surface area contributed by atoms with E-state index in [2.05, 4.69) is 15.6 Å². The molecule has 2 atom stereocenters. The highest BCUT2D eigenvalue weighted by molar-refractivity contribution is 6.31. The Labute approximate surface area is 222 Å². The number of carbonyl (C=O) groups excluding carboxylic acids is 3. The molecule has 2 fully saturated rings. The zero-order chi connectivity index (χ0) is 26.4. The maximum atomic E-state index is 13.9. The maximum Gasteiger partial charge on any atom is 0.407 e. The zero-order valence-corrected chi connectivity index (χ0v) is 22.2. The lowest BCUT2D eigenvalue weighted by atomic mass is 9.85. The quantitative estimate of drug-likeness (QED) is 0.577. The SMILES string of the molecule is CC(C)(C)OC(=O)NC1CCC(CN2C(=O)c3ccc(Cl)cc3NC(=O)C23CC3c2ccccn2)CC1. The van der Waals surface area contributed by atoms with E-state index < -0.39 is 17.2 Å². The number of benzene rings is 1. The number of fused-ring (bicyclic) bond motifs is 1. The summed E-state index contributed by atoms with van der Waals surface area (Å²) in [5, 5.41) is 6.42. The third kappa shape index (κ3) is 5.17. The second-order valence-corrected chi connectivity index (χ2v) is 11.8. The molecule has 2 aromatic rings. The number of ether oxygens (including phenoxy) is 1. The minimum Gasteiger partial charge on any atom is -0.444 e. The summed E-state index contributed by atoms with van der Waals surface area (Å²) >= 11 is 6.19. The van der Waals surface area contributed by atoms with E-state index in [0.29, 0.717) is 29.2 Å². The third-order valence-electron chi connectivity index (χ3n) is 7.57. The summed E-state index contributed by atoms with van der Waals surface area (Å²) in [5.74, 6) is -0.327. The molecule has 0 saturated heterocycles. The monoisotopic (exact) mass is 524 g/mol. The van der Waals surface area contributed by atoms with Gasteiger partial charge in [0.2, 0.25) is 0 Å². The summed E-state index contributed by atoms with van der Waals surface area (Å²) in [6.45, 7) is 6.00. The molecule has 0 radical (unpaired) electrons. The van der Waals surface area contributed by atoms with E-state index in [4.69, 9.17) is 16.3 Å². The lowest BCUT2D eigenvalue weighted by Crippen LogP contribution is -2.51. The predicted molar refractivity (Wildman–Crippen MR) is 141 cm³/mol. The van der Waals surface area contributed by atoms with Gasteiger partial charge in [-0.05, 0) is 89.1 Å². The molecule has 1 aromatic heterocycles. The third-order valence-corrected chi connectivity index (χ3v) is 7.80. The molecule has 5 rings (SSSR count). The van der Waals surface area contributed by atoms with Crippen LogP contribution in [0.2, 0.25) is 5.02 Å². The largest absolute Gasteiger partial charge is 0.444 e. The van der Waals surface area contributed by atoms with Crippen LogP contribution in [0.25, 0.3) is 0 Å². The Hall–Kier alpha value is -3.13. The van der Waals surface area contributed by atoms with Crippen LogP contribution in [0, 0.1) is 5.92 Å². The number of hydrogen-bond donors (Lipinski definition) is 2. The van der Waals surface area contributed by atoms with Gasteiger partial charge in [0.05, 0.1) is 11.3 Å². The fourth-order valence-corrected chi connectivity index (χ4v) is 5.86. The van der Waals surface area contributed by atoms with Gasteiger partial charge in [-0.1, -0.05) is 17.7 Å². The molecule has 2 aliphatic carbocycles. The van der Waals surface area contributed by atoms with E-state index in [9.17, 15) is 14.4 Å². The summed E-state index contributed by atoms with van der Waals surface area (Å²) in [7, 11) is 0. The standard InChI is InChI=1S/C28H33ClN4O4/c1-27(2,3)37-26(36)31-19-10-7-17(8-11-19)16-33-24(34)20-12-9-18(29)14-23(20)32-25(35)28(33)15-21(28)22-6-4-5-13-30-22/h4-6,9,12-14,17,19,21H,7-8,10-11,15-16H2,1-3H3,(H,31,36)(H,32,35). The van der Waals surface area contributed by atoms with E-state index in [1.165, 1.54) is 0 Å². The Balaban J connectivity index is 1.35. The van der Waals surface area contributed by atoms with Crippen molar-refractivity contribution in [2.24, 2.45) is 5.92 Å². The summed E-state index contributed by atoms with van der Waals surface area (Å²) < 4.78 is 5.40. The van der Waals surface area contributed by atoms with Crippen molar-refractivity contribution >= 4 is 35.2 Å². The summed E-state index contributed by atoms with van der Waals surface area (Å²) in [4.78, 5) is 46.1.